The van der Waals surface area contributed by atoms with Crippen molar-refractivity contribution in [3.05, 3.63) is 62.5 Å². The topological polar surface area (TPSA) is 55.1 Å². The first-order valence-electron chi connectivity index (χ1n) is 6.08. The summed E-state index contributed by atoms with van der Waals surface area (Å²) in [5.74, 6) is -0.176. The predicted molar refractivity (Wildman–Crippen MR) is 88.6 cm³/mol. The van der Waals surface area contributed by atoms with E-state index in [1.165, 1.54) is 0 Å². The lowest BCUT2D eigenvalue weighted by atomic mass is 10.1. The van der Waals surface area contributed by atoms with E-state index in [0.29, 0.717) is 11.3 Å². The summed E-state index contributed by atoms with van der Waals surface area (Å²) < 4.78 is 1.87. The summed E-state index contributed by atoms with van der Waals surface area (Å²) in [7, 11) is 0. The van der Waals surface area contributed by atoms with Crippen molar-refractivity contribution >= 4 is 43.5 Å². The van der Waals surface area contributed by atoms with Gasteiger partial charge in [0.2, 0.25) is 0 Å². The highest BCUT2D eigenvalue weighted by atomic mass is 79.9. The molecule has 0 aromatic heterocycles. The van der Waals surface area contributed by atoms with Crippen molar-refractivity contribution < 1.29 is 4.79 Å². The van der Waals surface area contributed by atoms with Gasteiger partial charge in [0.15, 0.2) is 0 Å². The highest BCUT2D eigenvalue weighted by Crippen LogP contribution is 2.20. The number of rotatable bonds is 3. The Balaban J connectivity index is 2.13. The van der Waals surface area contributed by atoms with E-state index in [2.05, 4.69) is 37.2 Å². The first-order chi connectivity index (χ1) is 9.47. The number of nitrogens with two attached hydrogens (primary N) is 1. The molecule has 3 nitrogen and oxygen atoms in total. The molecule has 1 atom stereocenters. The zero-order chi connectivity index (χ0) is 14.7. The van der Waals surface area contributed by atoms with E-state index in [4.69, 9.17) is 5.73 Å². The maximum absolute atomic E-state index is 12.2. The fourth-order valence-corrected chi connectivity index (χ4v) is 2.49. The number of halogens is 2. The number of nitrogens with one attached hydrogen (secondary N) is 1. The van der Waals surface area contributed by atoms with E-state index in [9.17, 15) is 4.79 Å². The van der Waals surface area contributed by atoms with Gasteiger partial charge < -0.3 is 11.1 Å². The second-order valence-electron chi connectivity index (χ2n) is 4.48. The number of carbonyl (C=O) groups is 1. The summed E-state index contributed by atoms with van der Waals surface area (Å²) >= 11 is 6.71. The van der Waals surface area contributed by atoms with Crippen molar-refractivity contribution in [2.24, 2.45) is 0 Å². The van der Waals surface area contributed by atoms with Gasteiger partial charge in [0.1, 0.15) is 0 Å². The Morgan fingerprint density at radius 1 is 1.10 bits per heavy atom. The second kappa shape index (κ2) is 6.41. The lowest BCUT2D eigenvalue weighted by Crippen LogP contribution is -2.27. The number of hydrogen-bond donors (Lipinski definition) is 2. The average Bonchev–Trinajstić information content (AvgIpc) is 2.39. The summed E-state index contributed by atoms with van der Waals surface area (Å²) in [6.45, 7) is 1.94. The zero-order valence-electron chi connectivity index (χ0n) is 10.9. The molecule has 0 aliphatic carbocycles. The molecule has 0 saturated carbocycles. The van der Waals surface area contributed by atoms with Crippen LogP contribution in [-0.2, 0) is 0 Å². The van der Waals surface area contributed by atoms with Crippen LogP contribution in [0.4, 0.5) is 5.69 Å². The Hall–Kier alpha value is -1.33. The normalized spacial score (nSPS) is 11.9. The molecular formula is C15H14Br2N2O. The molecule has 0 aliphatic rings. The number of anilines is 1. The van der Waals surface area contributed by atoms with Crippen LogP contribution in [-0.4, -0.2) is 5.91 Å². The third-order valence-corrected chi connectivity index (χ3v) is 4.00. The van der Waals surface area contributed by atoms with Crippen molar-refractivity contribution in [1.82, 2.24) is 5.32 Å². The lowest BCUT2D eigenvalue weighted by Gasteiger charge is -2.15. The van der Waals surface area contributed by atoms with Crippen LogP contribution in [0.1, 0.15) is 28.9 Å². The fraction of sp³-hybridized carbons (Fsp3) is 0.133. The Morgan fingerprint density at radius 2 is 1.70 bits per heavy atom. The largest absolute Gasteiger partial charge is 0.398 e. The van der Waals surface area contributed by atoms with E-state index >= 15 is 0 Å². The average molecular weight is 398 g/mol. The smallest absolute Gasteiger partial charge is 0.253 e. The summed E-state index contributed by atoms with van der Waals surface area (Å²) in [5.41, 5.74) is 7.84. The molecule has 0 bridgehead atoms. The van der Waals surface area contributed by atoms with E-state index in [1.807, 2.05) is 31.2 Å². The Morgan fingerprint density at radius 3 is 2.30 bits per heavy atom. The molecule has 0 radical (unpaired) electrons. The highest BCUT2D eigenvalue weighted by Gasteiger charge is 2.13. The fourth-order valence-electron chi connectivity index (χ4n) is 1.85. The Labute approximate surface area is 134 Å². The summed E-state index contributed by atoms with van der Waals surface area (Å²) in [6, 6.07) is 13.0. The lowest BCUT2D eigenvalue weighted by molar-refractivity contribution is 0.0941. The first kappa shape index (κ1) is 15.1. The summed E-state index contributed by atoms with van der Waals surface area (Å²) in [5, 5.41) is 2.94. The zero-order valence-corrected chi connectivity index (χ0v) is 14.0. The summed E-state index contributed by atoms with van der Waals surface area (Å²) in [6.07, 6.45) is 0. The van der Waals surface area contributed by atoms with Gasteiger partial charge in [0, 0.05) is 14.6 Å². The van der Waals surface area contributed by atoms with Crippen molar-refractivity contribution in [3.8, 4) is 0 Å². The molecule has 0 fully saturated rings. The van der Waals surface area contributed by atoms with Gasteiger partial charge >= 0.3 is 0 Å². The molecule has 2 aromatic rings. The minimum atomic E-state index is -0.176. The minimum absolute atomic E-state index is 0.0846. The van der Waals surface area contributed by atoms with Gasteiger partial charge in [-0.25, -0.2) is 0 Å². The van der Waals surface area contributed by atoms with Crippen LogP contribution in [0, 0.1) is 0 Å². The maximum atomic E-state index is 12.2. The Bertz CT molecular complexity index is 626. The number of nitrogen functional groups attached to an aromatic ring is 1. The third kappa shape index (κ3) is 3.61. The van der Waals surface area contributed by atoms with Crippen LogP contribution in [0.3, 0.4) is 0 Å². The van der Waals surface area contributed by atoms with Gasteiger partial charge in [0.25, 0.3) is 5.91 Å². The van der Waals surface area contributed by atoms with E-state index in [0.717, 1.165) is 14.5 Å². The minimum Gasteiger partial charge on any atom is -0.398 e. The van der Waals surface area contributed by atoms with Crippen LogP contribution in [0.2, 0.25) is 0 Å². The van der Waals surface area contributed by atoms with Gasteiger partial charge in [-0.1, -0.05) is 44.0 Å². The number of hydrogen-bond acceptors (Lipinski definition) is 2. The quantitative estimate of drug-likeness (QED) is 0.759. The molecule has 0 spiro atoms. The van der Waals surface area contributed by atoms with E-state index in [1.54, 1.807) is 18.2 Å². The molecule has 0 heterocycles. The molecule has 2 aromatic carbocycles. The van der Waals surface area contributed by atoms with Gasteiger partial charge in [-0.05, 0) is 42.8 Å². The van der Waals surface area contributed by atoms with Crippen LogP contribution < -0.4 is 11.1 Å². The standard InChI is InChI=1S/C15H14Br2N2O/c1-9(10-2-4-11(16)5-3-10)19-15(20)13-7-6-12(17)8-14(13)18/h2-9H,18H2,1H3,(H,19,20)/t9-/m0/s1. The van der Waals surface area contributed by atoms with Gasteiger partial charge in [-0.15, -0.1) is 0 Å². The first-order valence-corrected chi connectivity index (χ1v) is 7.67. The van der Waals surface area contributed by atoms with Crippen molar-refractivity contribution in [1.29, 1.82) is 0 Å². The molecular weight excluding hydrogens is 384 g/mol. The van der Waals surface area contributed by atoms with Crippen LogP contribution in [0.15, 0.2) is 51.4 Å². The van der Waals surface area contributed by atoms with Gasteiger partial charge in [0.05, 0.1) is 11.6 Å². The van der Waals surface area contributed by atoms with Crippen LogP contribution >= 0.6 is 31.9 Å². The number of amides is 1. The molecule has 1 amide bonds. The monoisotopic (exact) mass is 396 g/mol. The van der Waals surface area contributed by atoms with Crippen molar-refractivity contribution in [3.63, 3.8) is 0 Å². The number of carbonyl (C=O) groups excluding carboxylic acids is 1. The Kier molecular flexibility index (Phi) is 4.83. The van der Waals surface area contributed by atoms with Crippen molar-refractivity contribution in [2.45, 2.75) is 13.0 Å². The number of benzene rings is 2. The van der Waals surface area contributed by atoms with Crippen molar-refractivity contribution in [2.75, 3.05) is 5.73 Å². The molecule has 0 saturated heterocycles. The van der Waals surface area contributed by atoms with Crippen LogP contribution in [0.5, 0.6) is 0 Å². The molecule has 20 heavy (non-hydrogen) atoms. The van der Waals surface area contributed by atoms with Gasteiger partial charge in [-0.3, -0.25) is 4.79 Å². The SMILES string of the molecule is C[C@H](NC(=O)c1ccc(Br)cc1N)c1ccc(Br)cc1. The molecule has 0 aliphatic heterocycles. The maximum Gasteiger partial charge on any atom is 0.253 e. The second-order valence-corrected chi connectivity index (χ2v) is 6.31. The van der Waals surface area contributed by atoms with Gasteiger partial charge in [-0.2, -0.15) is 0 Å². The third-order valence-electron chi connectivity index (χ3n) is 2.98. The predicted octanol–water partition coefficient (Wildman–Crippen LogP) is 4.28. The van der Waals surface area contributed by atoms with E-state index < -0.39 is 0 Å². The molecule has 5 heteroatoms. The molecule has 2 rings (SSSR count). The molecule has 0 unspecified atom stereocenters. The molecule has 104 valence electrons. The van der Waals surface area contributed by atoms with Crippen LogP contribution in [0.25, 0.3) is 0 Å². The molecule has 3 N–H and O–H groups in total. The van der Waals surface area contributed by atoms with E-state index in [-0.39, 0.29) is 11.9 Å². The highest BCUT2D eigenvalue weighted by molar-refractivity contribution is 9.10. The summed E-state index contributed by atoms with van der Waals surface area (Å²) in [4.78, 5) is 12.2.